The number of hydrogen-bond acceptors (Lipinski definition) is 0. The molecule has 0 amide bonds. The highest BCUT2D eigenvalue weighted by atomic mass is 14.1. The van der Waals surface area contributed by atoms with Crippen LogP contribution in [0.5, 0.6) is 0 Å². The highest BCUT2D eigenvalue weighted by molar-refractivity contribution is 5.83. The summed E-state index contributed by atoms with van der Waals surface area (Å²) < 4.78 is 0. The molecule has 0 N–H and O–H groups in total. The minimum absolute atomic E-state index is 1.21. The quantitative estimate of drug-likeness (QED) is 0.155. The van der Waals surface area contributed by atoms with Gasteiger partial charge in [0.1, 0.15) is 0 Å². The number of allylic oxidation sites excluding steroid dienone is 5. The SMILES string of the molecule is C/C=C/C(=C(C)\C=C/c1ccccc1)c1ccc(-c2ccc(C)c(-c3ccccc3C)c2)cc1C.CC.Cc1ccccc1.Cc1ccccc1. The molecule has 260 valence electrons. The second-order valence-electron chi connectivity index (χ2n) is 12.5. The van der Waals surface area contributed by atoms with E-state index in [0.717, 1.165) is 0 Å². The molecular formula is C51H56. The molecule has 0 fully saturated rings. The van der Waals surface area contributed by atoms with Crippen molar-refractivity contribution in [3.63, 3.8) is 0 Å². The Morgan fingerprint density at radius 1 is 0.451 bits per heavy atom. The van der Waals surface area contributed by atoms with Crippen molar-refractivity contribution in [2.24, 2.45) is 0 Å². The van der Waals surface area contributed by atoms with Crippen molar-refractivity contribution in [3.8, 4) is 22.3 Å². The Balaban J connectivity index is 0.000000360. The number of rotatable bonds is 6. The molecule has 0 nitrogen and oxygen atoms in total. The van der Waals surface area contributed by atoms with Crippen LogP contribution in [0.4, 0.5) is 0 Å². The first-order chi connectivity index (χ1) is 24.8. The standard InChI is InChI=1S/C35H34.2C7H8.C2H6/c1-6-12-32(26(3)17-19-29-14-8-7-9-15-29)34-22-21-30(23-28(34)5)31-20-18-27(4)35(24-31)33-16-11-10-13-25(33)2;2*1-7-5-3-2-4-6-7;1-2/h6-24H,1-5H3;2*2-6H,1H3;1-2H3/b12-6+,19-17-,32-26+;;;. The fourth-order valence-corrected chi connectivity index (χ4v) is 5.66. The van der Waals surface area contributed by atoms with Crippen LogP contribution in [0.3, 0.4) is 0 Å². The van der Waals surface area contributed by atoms with Gasteiger partial charge in [0.15, 0.2) is 0 Å². The van der Waals surface area contributed by atoms with Crippen molar-refractivity contribution in [1.82, 2.24) is 0 Å². The van der Waals surface area contributed by atoms with Gasteiger partial charge in [0.25, 0.3) is 0 Å². The lowest BCUT2D eigenvalue weighted by Gasteiger charge is -2.14. The van der Waals surface area contributed by atoms with Gasteiger partial charge in [-0.15, -0.1) is 0 Å². The summed E-state index contributed by atoms with van der Waals surface area (Å²) in [6.45, 7) is 19.0. The van der Waals surface area contributed by atoms with Crippen LogP contribution in [-0.2, 0) is 0 Å². The molecule has 0 aliphatic heterocycles. The average molecular weight is 669 g/mol. The first kappa shape index (κ1) is 40.0. The first-order valence-electron chi connectivity index (χ1n) is 18.1. The van der Waals surface area contributed by atoms with Crippen LogP contribution in [0.1, 0.15) is 66.6 Å². The third-order valence-electron chi connectivity index (χ3n) is 8.49. The molecule has 6 aromatic carbocycles. The van der Waals surface area contributed by atoms with Crippen LogP contribution in [0.2, 0.25) is 0 Å². The molecule has 0 saturated heterocycles. The zero-order valence-electron chi connectivity index (χ0n) is 32.2. The molecule has 6 aromatic rings. The minimum Gasteiger partial charge on any atom is -0.0870 e. The Kier molecular flexibility index (Phi) is 16.9. The van der Waals surface area contributed by atoms with Crippen molar-refractivity contribution in [3.05, 3.63) is 214 Å². The van der Waals surface area contributed by atoms with Gasteiger partial charge < -0.3 is 0 Å². The number of aryl methyl sites for hydroxylation is 5. The summed E-state index contributed by atoms with van der Waals surface area (Å²) >= 11 is 0. The monoisotopic (exact) mass is 668 g/mol. The van der Waals surface area contributed by atoms with Gasteiger partial charge in [-0.2, -0.15) is 0 Å². The first-order valence-corrected chi connectivity index (χ1v) is 18.1. The third kappa shape index (κ3) is 12.7. The Morgan fingerprint density at radius 3 is 1.45 bits per heavy atom. The molecule has 0 aliphatic carbocycles. The van der Waals surface area contributed by atoms with Gasteiger partial charge in [-0.1, -0.05) is 195 Å². The topological polar surface area (TPSA) is 0 Å². The van der Waals surface area contributed by atoms with E-state index in [4.69, 9.17) is 0 Å². The van der Waals surface area contributed by atoms with E-state index < -0.39 is 0 Å². The molecule has 0 heterocycles. The molecule has 0 radical (unpaired) electrons. The van der Waals surface area contributed by atoms with E-state index in [1.54, 1.807) is 0 Å². The molecule has 0 atom stereocenters. The maximum absolute atomic E-state index is 2.34. The van der Waals surface area contributed by atoms with Crippen molar-refractivity contribution in [2.75, 3.05) is 0 Å². The van der Waals surface area contributed by atoms with Gasteiger partial charge in [0.05, 0.1) is 0 Å². The Hall–Kier alpha value is -5.46. The molecule has 0 aromatic heterocycles. The molecular weight excluding hydrogens is 613 g/mol. The summed E-state index contributed by atoms with van der Waals surface area (Å²) in [5.74, 6) is 0. The van der Waals surface area contributed by atoms with E-state index >= 15 is 0 Å². The fourth-order valence-electron chi connectivity index (χ4n) is 5.66. The second kappa shape index (κ2) is 21.6. The van der Waals surface area contributed by atoms with Crippen LogP contribution in [0.15, 0.2) is 175 Å². The second-order valence-corrected chi connectivity index (χ2v) is 12.5. The maximum Gasteiger partial charge on any atom is -0.0146 e. The third-order valence-corrected chi connectivity index (χ3v) is 8.49. The molecule has 0 saturated carbocycles. The zero-order valence-corrected chi connectivity index (χ0v) is 32.2. The normalized spacial score (nSPS) is 11.0. The minimum atomic E-state index is 1.21. The Bertz CT molecular complexity index is 1950. The van der Waals surface area contributed by atoms with Crippen molar-refractivity contribution >= 4 is 11.6 Å². The van der Waals surface area contributed by atoms with Gasteiger partial charge in [-0.3, -0.25) is 0 Å². The fraction of sp³-hybridized carbons (Fsp3) is 0.176. The maximum atomic E-state index is 2.34. The summed E-state index contributed by atoms with van der Waals surface area (Å²) in [6.07, 6.45) is 8.74. The van der Waals surface area contributed by atoms with E-state index in [-0.39, 0.29) is 0 Å². The van der Waals surface area contributed by atoms with E-state index in [0.29, 0.717) is 0 Å². The number of hydrogen-bond donors (Lipinski definition) is 0. The lowest BCUT2D eigenvalue weighted by molar-refractivity contribution is 1.39. The summed E-state index contributed by atoms with van der Waals surface area (Å²) in [6, 6.07) is 53.3. The van der Waals surface area contributed by atoms with Gasteiger partial charge in [-0.25, -0.2) is 0 Å². The van der Waals surface area contributed by atoms with E-state index in [9.17, 15) is 0 Å². The molecule has 51 heavy (non-hydrogen) atoms. The largest absolute Gasteiger partial charge is 0.0870 e. The van der Waals surface area contributed by atoms with Crippen molar-refractivity contribution in [2.45, 2.75) is 62.3 Å². The van der Waals surface area contributed by atoms with Crippen LogP contribution < -0.4 is 0 Å². The lowest BCUT2D eigenvalue weighted by Crippen LogP contribution is -1.92. The lowest BCUT2D eigenvalue weighted by atomic mass is 9.90. The average Bonchev–Trinajstić information content (AvgIpc) is 3.16. The van der Waals surface area contributed by atoms with Gasteiger partial charge in [0.2, 0.25) is 0 Å². The van der Waals surface area contributed by atoms with Gasteiger partial charge in [0, 0.05) is 0 Å². The number of benzene rings is 6. The van der Waals surface area contributed by atoms with Crippen molar-refractivity contribution < 1.29 is 0 Å². The molecule has 0 bridgehead atoms. The van der Waals surface area contributed by atoms with E-state index in [2.05, 4.69) is 182 Å². The molecule has 0 aliphatic rings. The molecule has 0 unspecified atom stereocenters. The summed E-state index contributed by atoms with van der Waals surface area (Å²) in [7, 11) is 0. The van der Waals surface area contributed by atoms with Crippen LogP contribution in [0, 0.1) is 34.6 Å². The predicted molar refractivity (Wildman–Crippen MR) is 228 cm³/mol. The Labute approximate surface area is 309 Å². The van der Waals surface area contributed by atoms with Crippen LogP contribution >= 0.6 is 0 Å². The smallest absolute Gasteiger partial charge is 0.0146 e. The van der Waals surface area contributed by atoms with Crippen LogP contribution in [0.25, 0.3) is 33.9 Å². The predicted octanol–water partition coefficient (Wildman–Crippen LogP) is 15.0. The zero-order chi connectivity index (χ0) is 37.0. The highest BCUT2D eigenvalue weighted by Crippen LogP contribution is 2.33. The summed E-state index contributed by atoms with van der Waals surface area (Å²) in [4.78, 5) is 0. The summed E-state index contributed by atoms with van der Waals surface area (Å²) in [5, 5.41) is 0. The summed E-state index contributed by atoms with van der Waals surface area (Å²) in [5.41, 5.74) is 16.6. The molecule has 0 spiro atoms. The highest BCUT2D eigenvalue weighted by Gasteiger charge is 2.10. The van der Waals surface area contributed by atoms with Crippen LogP contribution in [-0.4, -0.2) is 0 Å². The molecule has 6 rings (SSSR count). The molecule has 0 heteroatoms. The van der Waals surface area contributed by atoms with Gasteiger partial charge >= 0.3 is 0 Å². The van der Waals surface area contributed by atoms with E-state index in [1.165, 1.54) is 72.3 Å². The van der Waals surface area contributed by atoms with Crippen molar-refractivity contribution in [1.29, 1.82) is 0 Å². The van der Waals surface area contributed by atoms with Gasteiger partial charge in [-0.05, 0) is 116 Å². The van der Waals surface area contributed by atoms with E-state index in [1.807, 2.05) is 56.3 Å². The Morgan fingerprint density at radius 2 is 0.941 bits per heavy atom.